The van der Waals surface area contributed by atoms with E-state index in [2.05, 4.69) is 5.32 Å². The number of nitrogens with zero attached hydrogens (tertiary/aromatic N) is 3. The van der Waals surface area contributed by atoms with E-state index in [0.717, 1.165) is 13.0 Å². The van der Waals surface area contributed by atoms with Gasteiger partial charge in [-0.1, -0.05) is 12.1 Å². The molecule has 0 bridgehead atoms. The lowest BCUT2D eigenvalue weighted by atomic mass is 10.2. The van der Waals surface area contributed by atoms with Crippen LogP contribution in [0, 0.1) is 11.3 Å². The van der Waals surface area contributed by atoms with Gasteiger partial charge in [-0.2, -0.15) is 5.26 Å². The van der Waals surface area contributed by atoms with Crippen molar-refractivity contribution in [2.24, 2.45) is 0 Å². The van der Waals surface area contributed by atoms with Crippen LogP contribution in [-0.2, 0) is 9.59 Å². The maximum Gasteiger partial charge on any atom is 0.244 e. The van der Waals surface area contributed by atoms with E-state index in [9.17, 15) is 9.59 Å². The topological polar surface area (TPSA) is 76.4 Å². The van der Waals surface area contributed by atoms with Crippen LogP contribution >= 0.6 is 0 Å². The normalized spacial score (nSPS) is 10.1. The fourth-order valence-corrected chi connectivity index (χ4v) is 1.98. The number of benzene rings is 1. The molecule has 1 aromatic carbocycles. The number of nitriles is 1. The van der Waals surface area contributed by atoms with Crippen LogP contribution in [0.1, 0.15) is 18.9 Å². The van der Waals surface area contributed by atoms with E-state index >= 15 is 0 Å². The average Bonchev–Trinajstić information content (AvgIpc) is 2.46. The van der Waals surface area contributed by atoms with Crippen molar-refractivity contribution in [1.82, 2.24) is 9.80 Å². The number of rotatable bonds is 7. The predicted octanol–water partition coefficient (Wildman–Crippen LogP) is 1.30. The number of para-hydroxylation sites is 1. The van der Waals surface area contributed by atoms with Gasteiger partial charge in [0.25, 0.3) is 0 Å². The molecule has 118 valence electrons. The Morgan fingerprint density at radius 1 is 1.23 bits per heavy atom. The van der Waals surface area contributed by atoms with Crippen LogP contribution in [0.15, 0.2) is 24.3 Å². The van der Waals surface area contributed by atoms with Gasteiger partial charge in [0, 0.05) is 13.5 Å². The molecule has 0 radical (unpaired) electrons. The third kappa shape index (κ3) is 5.94. The lowest BCUT2D eigenvalue weighted by Crippen LogP contribution is -2.38. The zero-order chi connectivity index (χ0) is 16.5. The van der Waals surface area contributed by atoms with Crippen molar-refractivity contribution >= 4 is 17.5 Å². The van der Waals surface area contributed by atoms with Gasteiger partial charge in [-0.05, 0) is 39.2 Å². The van der Waals surface area contributed by atoms with Gasteiger partial charge in [0.2, 0.25) is 11.8 Å². The highest BCUT2D eigenvalue weighted by atomic mass is 16.2. The Bertz CT molecular complexity index is 564. The van der Waals surface area contributed by atoms with E-state index in [0.29, 0.717) is 17.8 Å². The van der Waals surface area contributed by atoms with Crippen molar-refractivity contribution in [3.63, 3.8) is 0 Å². The van der Waals surface area contributed by atoms with Crippen molar-refractivity contribution < 1.29 is 9.59 Å². The van der Waals surface area contributed by atoms with Crippen molar-refractivity contribution in [3.8, 4) is 6.07 Å². The molecular formula is C16H22N4O2. The Balaban J connectivity index is 2.60. The van der Waals surface area contributed by atoms with E-state index < -0.39 is 0 Å². The van der Waals surface area contributed by atoms with Gasteiger partial charge >= 0.3 is 0 Å². The first kappa shape index (κ1) is 17.7. The summed E-state index contributed by atoms with van der Waals surface area (Å²) in [5, 5.41) is 11.7. The summed E-state index contributed by atoms with van der Waals surface area (Å²) in [6.07, 6.45) is 0.800. The van der Waals surface area contributed by atoms with Gasteiger partial charge < -0.3 is 15.1 Å². The molecule has 0 aliphatic rings. The summed E-state index contributed by atoms with van der Waals surface area (Å²) in [6, 6.07) is 8.80. The summed E-state index contributed by atoms with van der Waals surface area (Å²) in [4.78, 5) is 27.2. The van der Waals surface area contributed by atoms with Gasteiger partial charge in [-0.15, -0.1) is 0 Å². The number of amides is 2. The third-order valence-electron chi connectivity index (χ3n) is 3.13. The summed E-state index contributed by atoms with van der Waals surface area (Å²) < 4.78 is 0. The smallest absolute Gasteiger partial charge is 0.244 e. The minimum absolute atomic E-state index is 0.0114. The molecule has 0 aliphatic carbocycles. The van der Waals surface area contributed by atoms with E-state index in [1.165, 1.54) is 11.8 Å². The van der Waals surface area contributed by atoms with E-state index in [4.69, 9.17) is 5.26 Å². The van der Waals surface area contributed by atoms with E-state index in [-0.39, 0.29) is 18.4 Å². The molecule has 0 heterocycles. The van der Waals surface area contributed by atoms with Crippen LogP contribution in [0.2, 0.25) is 0 Å². The Kier molecular flexibility index (Phi) is 7.06. The zero-order valence-electron chi connectivity index (χ0n) is 13.3. The molecule has 2 amide bonds. The summed E-state index contributed by atoms with van der Waals surface area (Å²) in [5.41, 5.74) is 0.865. The second kappa shape index (κ2) is 8.80. The number of carbonyl (C=O) groups is 2. The number of anilines is 1. The second-order valence-electron chi connectivity index (χ2n) is 5.30. The average molecular weight is 302 g/mol. The number of hydrogen-bond donors (Lipinski definition) is 1. The van der Waals surface area contributed by atoms with Crippen LogP contribution in [-0.4, -0.2) is 55.3 Å². The lowest BCUT2D eigenvalue weighted by molar-refractivity contribution is -0.132. The Hall–Kier alpha value is -2.39. The molecule has 6 nitrogen and oxygen atoms in total. The highest BCUT2D eigenvalue weighted by molar-refractivity contribution is 5.95. The van der Waals surface area contributed by atoms with Crippen LogP contribution < -0.4 is 5.32 Å². The van der Waals surface area contributed by atoms with Crippen LogP contribution in [0.4, 0.5) is 5.69 Å². The third-order valence-corrected chi connectivity index (χ3v) is 3.13. The molecule has 0 fully saturated rings. The summed E-state index contributed by atoms with van der Waals surface area (Å²) in [7, 11) is 3.92. The quantitative estimate of drug-likeness (QED) is 0.823. The molecule has 6 heteroatoms. The minimum Gasteiger partial charge on any atom is -0.334 e. The van der Waals surface area contributed by atoms with Gasteiger partial charge in [-0.25, -0.2) is 0 Å². The van der Waals surface area contributed by atoms with Crippen molar-refractivity contribution in [1.29, 1.82) is 5.26 Å². The first-order chi connectivity index (χ1) is 10.4. The molecule has 0 saturated heterocycles. The number of hydrogen-bond acceptors (Lipinski definition) is 4. The molecule has 1 rings (SSSR count). The molecule has 0 aliphatic heterocycles. The van der Waals surface area contributed by atoms with Gasteiger partial charge in [-0.3, -0.25) is 9.59 Å². The molecular weight excluding hydrogens is 280 g/mol. The number of nitrogens with one attached hydrogen (secondary N) is 1. The van der Waals surface area contributed by atoms with Crippen molar-refractivity contribution in [2.75, 3.05) is 39.0 Å². The molecule has 1 aromatic rings. The SMILES string of the molecule is CC(=O)N(CCCN(C)C)CC(=O)Nc1ccccc1C#N. The van der Waals surface area contributed by atoms with Crippen molar-refractivity contribution in [3.05, 3.63) is 29.8 Å². The molecule has 22 heavy (non-hydrogen) atoms. The minimum atomic E-state index is -0.303. The van der Waals surface area contributed by atoms with E-state index in [1.54, 1.807) is 24.3 Å². The summed E-state index contributed by atoms with van der Waals surface area (Å²) in [6.45, 7) is 2.82. The van der Waals surface area contributed by atoms with Gasteiger partial charge in [0.05, 0.1) is 17.8 Å². The fraction of sp³-hybridized carbons (Fsp3) is 0.438. The Morgan fingerprint density at radius 2 is 1.91 bits per heavy atom. The maximum absolute atomic E-state index is 12.1. The van der Waals surface area contributed by atoms with Gasteiger partial charge in [0.15, 0.2) is 0 Å². The molecule has 1 N–H and O–H groups in total. The number of carbonyl (C=O) groups excluding carboxylic acids is 2. The Morgan fingerprint density at radius 3 is 2.50 bits per heavy atom. The predicted molar refractivity (Wildman–Crippen MR) is 85.2 cm³/mol. The molecule has 0 saturated carbocycles. The first-order valence-corrected chi connectivity index (χ1v) is 7.13. The van der Waals surface area contributed by atoms with Crippen LogP contribution in [0.3, 0.4) is 0 Å². The molecule has 0 atom stereocenters. The first-order valence-electron chi connectivity index (χ1n) is 7.13. The van der Waals surface area contributed by atoms with Crippen molar-refractivity contribution in [2.45, 2.75) is 13.3 Å². The highest BCUT2D eigenvalue weighted by Crippen LogP contribution is 2.13. The lowest BCUT2D eigenvalue weighted by Gasteiger charge is -2.21. The van der Waals surface area contributed by atoms with Gasteiger partial charge in [0.1, 0.15) is 6.07 Å². The maximum atomic E-state index is 12.1. The summed E-state index contributed by atoms with van der Waals surface area (Å²) >= 11 is 0. The fourth-order valence-electron chi connectivity index (χ4n) is 1.98. The Labute approximate surface area is 131 Å². The van der Waals surface area contributed by atoms with Crippen LogP contribution in [0.5, 0.6) is 0 Å². The van der Waals surface area contributed by atoms with E-state index in [1.807, 2.05) is 25.1 Å². The monoisotopic (exact) mass is 302 g/mol. The standard InChI is InChI=1S/C16H22N4O2/c1-13(21)20(10-6-9-19(2)3)12-16(22)18-15-8-5-4-7-14(15)11-17/h4-5,7-8H,6,9-10,12H2,1-3H3,(H,18,22). The molecule has 0 aromatic heterocycles. The zero-order valence-corrected chi connectivity index (χ0v) is 13.3. The van der Waals surface area contributed by atoms with Crippen LogP contribution in [0.25, 0.3) is 0 Å². The molecule has 0 spiro atoms. The molecule has 0 unspecified atom stereocenters. The second-order valence-corrected chi connectivity index (χ2v) is 5.30. The largest absolute Gasteiger partial charge is 0.334 e. The highest BCUT2D eigenvalue weighted by Gasteiger charge is 2.14. The summed E-state index contributed by atoms with van der Waals surface area (Å²) in [5.74, 6) is -0.440.